The third-order valence-electron chi connectivity index (χ3n) is 2.87. The number of rotatable bonds is 9. The quantitative estimate of drug-likeness (QED) is 0.668. The summed E-state index contributed by atoms with van der Waals surface area (Å²) in [6.07, 6.45) is 1.42. The maximum atomic E-state index is 11.4. The Morgan fingerprint density at radius 3 is 2.22 bits per heavy atom. The van der Waals surface area contributed by atoms with Gasteiger partial charge in [0.05, 0.1) is 6.10 Å². The predicted molar refractivity (Wildman–Crippen MR) is 73.8 cm³/mol. The second kappa shape index (κ2) is 7.74. The second-order valence-corrected chi connectivity index (χ2v) is 6.00. The molecule has 0 aromatic rings. The molecule has 0 fully saturated rings. The first kappa shape index (κ1) is 17.4. The van der Waals surface area contributed by atoms with E-state index in [1.54, 1.807) is 6.92 Å². The molecule has 0 saturated heterocycles. The van der Waals surface area contributed by atoms with Crippen molar-refractivity contribution >= 4 is 5.97 Å². The van der Waals surface area contributed by atoms with Gasteiger partial charge >= 0.3 is 5.97 Å². The zero-order valence-corrected chi connectivity index (χ0v) is 12.6. The van der Waals surface area contributed by atoms with E-state index in [0.29, 0.717) is 18.9 Å². The minimum Gasteiger partial charge on any atom is -0.480 e. The van der Waals surface area contributed by atoms with Gasteiger partial charge < -0.3 is 9.84 Å². The van der Waals surface area contributed by atoms with Gasteiger partial charge in [-0.2, -0.15) is 0 Å². The summed E-state index contributed by atoms with van der Waals surface area (Å²) >= 11 is 0. The molecule has 0 aliphatic heterocycles. The summed E-state index contributed by atoms with van der Waals surface area (Å²) in [7, 11) is 0. The lowest BCUT2D eigenvalue weighted by Gasteiger charge is -2.31. The Labute approximate surface area is 111 Å². The minimum atomic E-state index is -0.925. The molecule has 0 bridgehead atoms. The Kier molecular flexibility index (Phi) is 7.48. The van der Waals surface area contributed by atoms with Crippen LogP contribution in [0.15, 0.2) is 0 Å². The molecule has 2 N–H and O–H groups in total. The van der Waals surface area contributed by atoms with Gasteiger partial charge in [-0.1, -0.05) is 13.8 Å². The van der Waals surface area contributed by atoms with Crippen molar-refractivity contribution in [2.45, 2.75) is 72.1 Å². The van der Waals surface area contributed by atoms with Crippen LogP contribution in [-0.2, 0) is 9.53 Å². The summed E-state index contributed by atoms with van der Waals surface area (Å²) < 4.78 is 5.68. The maximum absolute atomic E-state index is 11.4. The lowest BCUT2D eigenvalue weighted by Crippen LogP contribution is -2.54. The highest BCUT2D eigenvalue weighted by Gasteiger charge is 2.35. The fraction of sp³-hybridized carbons (Fsp3) is 0.929. The van der Waals surface area contributed by atoms with Crippen LogP contribution >= 0.6 is 0 Å². The summed E-state index contributed by atoms with van der Waals surface area (Å²) in [5.41, 5.74) is -0.925. The molecule has 0 aliphatic carbocycles. The number of ether oxygens (including phenoxy) is 1. The fourth-order valence-corrected chi connectivity index (χ4v) is 1.98. The van der Waals surface area contributed by atoms with Crippen LogP contribution < -0.4 is 5.32 Å². The molecular weight excluding hydrogens is 230 g/mol. The predicted octanol–water partition coefficient (Wildman–Crippen LogP) is 2.67. The first-order valence-corrected chi connectivity index (χ1v) is 6.80. The Morgan fingerprint density at radius 2 is 1.83 bits per heavy atom. The number of hydrogen-bond acceptors (Lipinski definition) is 3. The van der Waals surface area contributed by atoms with E-state index in [0.717, 1.165) is 6.42 Å². The van der Waals surface area contributed by atoms with Gasteiger partial charge in [-0.25, -0.2) is 0 Å². The second-order valence-electron chi connectivity index (χ2n) is 6.00. The van der Waals surface area contributed by atoms with Crippen LogP contribution in [0.2, 0.25) is 0 Å². The van der Waals surface area contributed by atoms with E-state index < -0.39 is 11.5 Å². The highest BCUT2D eigenvalue weighted by atomic mass is 16.5. The molecule has 0 aromatic heterocycles. The zero-order valence-electron chi connectivity index (χ0n) is 12.6. The first-order chi connectivity index (χ1) is 8.17. The molecule has 0 spiro atoms. The average molecular weight is 259 g/mol. The van der Waals surface area contributed by atoms with E-state index >= 15 is 0 Å². The van der Waals surface area contributed by atoms with Crippen molar-refractivity contribution in [2.75, 3.05) is 6.61 Å². The highest BCUT2D eigenvalue weighted by Crippen LogP contribution is 2.16. The van der Waals surface area contributed by atoms with E-state index in [2.05, 4.69) is 19.2 Å². The van der Waals surface area contributed by atoms with Gasteiger partial charge in [-0.3, -0.25) is 10.1 Å². The maximum Gasteiger partial charge on any atom is 0.323 e. The molecule has 4 nitrogen and oxygen atoms in total. The van der Waals surface area contributed by atoms with Crippen LogP contribution in [0.1, 0.15) is 54.4 Å². The van der Waals surface area contributed by atoms with Crippen molar-refractivity contribution < 1.29 is 14.6 Å². The van der Waals surface area contributed by atoms with E-state index in [4.69, 9.17) is 4.74 Å². The Morgan fingerprint density at radius 1 is 1.28 bits per heavy atom. The molecule has 0 amide bonds. The monoisotopic (exact) mass is 259 g/mol. The van der Waals surface area contributed by atoms with Gasteiger partial charge in [0.25, 0.3) is 0 Å². The molecule has 2 unspecified atom stereocenters. The Balaban J connectivity index is 4.28. The number of nitrogens with one attached hydrogen (secondary N) is 1. The average Bonchev–Trinajstić information content (AvgIpc) is 2.14. The SMILES string of the molecule is CC(C)CCOC(C)CC(C)(NC(C)C)C(=O)O. The third-order valence-corrected chi connectivity index (χ3v) is 2.87. The van der Waals surface area contributed by atoms with Crippen LogP contribution in [0, 0.1) is 5.92 Å². The molecule has 0 aromatic carbocycles. The van der Waals surface area contributed by atoms with Crippen molar-refractivity contribution in [3.63, 3.8) is 0 Å². The van der Waals surface area contributed by atoms with Gasteiger partial charge in [0, 0.05) is 19.1 Å². The normalized spacial score (nSPS) is 16.9. The third kappa shape index (κ3) is 6.97. The molecule has 18 heavy (non-hydrogen) atoms. The molecule has 0 aliphatic rings. The van der Waals surface area contributed by atoms with Gasteiger partial charge in [-0.15, -0.1) is 0 Å². The summed E-state index contributed by atoms with van der Waals surface area (Å²) in [6, 6.07) is 0.133. The van der Waals surface area contributed by atoms with Crippen LogP contribution in [0.4, 0.5) is 0 Å². The largest absolute Gasteiger partial charge is 0.480 e. The van der Waals surface area contributed by atoms with Gasteiger partial charge in [-0.05, 0) is 40.0 Å². The van der Waals surface area contributed by atoms with Crippen LogP contribution in [-0.4, -0.2) is 35.4 Å². The van der Waals surface area contributed by atoms with E-state index in [1.165, 1.54) is 0 Å². The van der Waals surface area contributed by atoms with Gasteiger partial charge in [0.15, 0.2) is 0 Å². The Bertz CT molecular complexity index is 253. The van der Waals surface area contributed by atoms with Crippen molar-refractivity contribution in [3.8, 4) is 0 Å². The summed E-state index contributed by atoms with van der Waals surface area (Å²) in [5.74, 6) is -0.215. The van der Waals surface area contributed by atoms with Crippen LogP contribution in [0.3, 0.4) is 0 Å². The van der Waals surface area contributed by atoms with Crippen LogP contribution in [0.5, 0.6) is 0 Å². The minimum absolute atomic E-state index is 0.0592. The zero-order chi connectivity index (χ0) is 14.3. The molecule has 0 heterocycles. The summed E-state index contributed by atoms with van der Waals surface area (Å²) in [4.78, 5) is 11.4. The molecule has 0 radical (unpaired) electrons. The molecule has 0 saturated carbocycles. The number of aliphatic carboxylic acids is 1. The summed E-state index contributed by atoms with van der Waals surface area (Å²) in [6.45, 7) is 12.5. The summed E-state index contributed by atoms with van der Waals surface area (Å²) in [5, 5.41) is 12.4. The van der Waals surface area contributed by atoms with Crippen LogP contribution in [0.25, 0.3) is 0 Å². The van der Waals surface area contributed by atoms with Crippen molar-refractivity contribution in [1.82, 2.24) is 5.32 Å². The highest BCUT2D eigenvalue weighted by molar-refractivity contribution is 5.78. The van der Waals surface area contributed by atoms with Crippen molar-refractivity contribution in [2.24, 2.45) is 5.92 Å². The fourth-order valence-electron chi connectivity index (χ4n) is 1.98. The first-order valence-electron chi connectivity index (χ1n) is 6.80. The number of hydrogen-bond donors (Lipinski definition) is 2. The van der Waals surface area contributed by atoms with Gasteiger partial charge in [0.1, 0.15) is 5.54 Å². The lowest BCUT2D eigenvalue weighted by atomic mass is 9.94. The number of carboxylic acids is 1. The Hall–Kier alpha value is -0.610. The molecule has 108 valence electrons. The van der Waals surface area contributed by atoms with Crippen molar-refractivity contribution in [1.29, 1.82) is 0 Å². The molecule has 0 rings (SSSR count). The molecule has 4 heteroatoms. The standard InChI is InChI=1S/C14H29NO3/c1-10(2)7-8-18-12(5)9-14(6,13(16)17)15-11(3)4/h10-12,15H,7-9H2,1-6H3,(H,16,17). The molecule has 2 atom stereocenters. The van der Waals surface area contributed by atoms with E-state index in [-0.39, 0.29) is 12.1 Å². The van der Waals surface area contributed by atoms with Gasteiger partial charge in [0.2, 0.25) is 0 Å². The number of carboxylic acid groups (broad SMARTS) is 1. The van der Waals surface area contributed by atoms with E-state index in [1.807, 2.05) is 20.8 Å². The topological polar surface area (TPSA) is 58.6 Å². The van der Waals surface area contributed by atoms with Crippen molar-refractivity contribution in [3.05, 3.63) is 0 Å². The number of carbonyl (C=O) groups is 1. The molecular formula is C14H29NO3. The smallest absolute Gasteiger partial charge is 0.323 e. The lowest BCUT2D eigenvalue weighted by molar-refractivity contribution is -0.146. The van der Waals surface area contributed by atoms with E-state index in [9.17, 15) is 9.90 Å².